The second-order valence-corrected chi connectivity index (χ2v) is 5.44. The van der Waals surface area contributed by atoms with Crippen molar-refractivity contribution >= 4 is 11.8 Å². The molecular weight excluding hydrogens is 240 g/mol. The molecule has 1 aliphatic heterocycles. The largest absolute Gasteiger partial charge is 0.338 e. The van der Waals surface area contributed by atoms with E-state index in [-0.39, 0.29) is 0 Å². The van der Waals surface area contributed by atoms with Crippen LogP contribution in [0.1, 0.15) is 24.1 Å². The predicted octanol–water partition coefficient (Wildman–Crippen LogP) is 0.393. The number of aryl methyl sites for hydroxylation is 1. The Kier molecular flexibility index (Phi) is 3.52. The molecule has 0 amide bonds. The molecular formula is C13H22N6. The van der Waals surface area contributed by atoms with E-state index >= 15 is 0 Å². The maximum atomic E-state index is 5.63. The number of likely N-dealkylation sites (N-methyl/N-ethyl adjacent to an activating group) is 1. The van der Waals surface area contributed by atoms with Crippen LogP contribution >= 0.6 is 0 Å². The van der Waals surface area contributed by atoms with Crippen LogP contribution in [-0.4, -0.2) is 48.1 Å². The van der Waals surface area contributed by atoms with E-state index in [1.807, 2.05) is 0 Å². The number of nitrogen functional groups attached to an aromatic ring is 1. The smallest absolute Gasteiger partial charge is 0.227 e. The molecule has 1 aromatic heterocycles. The molecule has 0 radical (unpaired) electrons. The van der Waals surface area contributed by atoms with E-state index in [0.717, 1.165) is 50.8 Å². The van der Waals surface area contributed by atoms with E-state index in [9.17, 15) is 0 Å². The molecule has 0 aromatic carbocycles. The third-order valence-electron chi connectivity index (χ3n) is 4.09. The van der Waals surface area contributed by atoms with E-state index in [1.165, 1.54) is 24.1 Å². The zero-order valence-electron chi connectivity index (χ0n) is 11.5. The van der Waals surface area contributed by atoms with Crippen molar-refractivity contribution in [1.82, 2.24) is 14.9 Å². The number of piperazine rings is 1. The Balaban J connectivity index is 1.89. The van der Waals surface area contributed by atoms with Crippen molar-refractivity contribution in [2.75, 3.05) is 43.6 Å². The molecule has 2 heterocycles. The standard InChI is InChI=1S/C13H22N6/c1-18-6-8-19(9-7-18)13-15-11-5-3-2-4-10(11)12(16-13)17-14/h2-9,14H2,1H3,(H,15,16,17). The van der Waals surface area contributed by atoms with Crippen LogP contribution in [0.15, 0.2) is 0 Å². The number of nitrogens with zero attached hydrogens (tertiary/aromatic N) is 4. The second kappa shape index (κ2) is 5.30. The highest BCUT2D eigenvalue weighted by Crippen LogP contribution is 2.27. The van der Waals surface area contributed by atoms with Crippen LogP contribution in [0.3, 0.4) is 0 Å². The topological polar surface area (TPSA) is 70.3 Å². The average Bonchev–Trinajstić information content (AvgIpc) is 2.47. The van der Waals surface area contributed by atoms with Gasteiger partial charge < -0.3 is 15.2 Å². The number of fused-ring (bicyclic) bond motifs is 1. The zero-order chi connectivity index (χ0) is 13.2. The van der Waals surface area contributed by atoms with Crippen molar-refractivity contribution < 1.29 is 0 Å². The lowest BCUT2D eigenvalue weighted by Crippen LogP contribution is -2.45. The van der Waals surface area contributed by atoms with Gasteiger partial charge in [0, 0.05) is 31.7 Å². The van der Waals surface area contributed by atoms with Crippen LogP contribution in [-0.2, 0) is 12.8 Å². The van der Waals surface area contributed by atoms with Gasteiger partial charge in [-0.05, 0) is 32.7 Å². The third-order valence-corrected chi connectivity index (χ3v) is 4.09. The summed E-state index contributed by atoms with van der Waals surface area (Å²) < 4.78 is 0. The summed E-state index contributed by atoms with van der Waals surface area (Å²) in [7, 11) is 2.15. The molecule has 3 rings (SSSR count). The number of hydrogen-bond donors (Lipinski definition) is 2. The number of aromatic nitrogens is 2. The Morgan fingerprint density at radius 1 is 1.05 bits per heavy atom. The van der Waals surface area contributed by atoms with Crippen LogP contribution in [0, 0.1) is 0 Å². The predicted molar refractivity (Wildman–Crippen MR) is 76.2 cm³/mol. The van der Waals surface area contributed by atoms with Gasteiger partial charge in [-0.25, -0.2) is 10.8 Å². The molecule has 1 aliphatic carbocycles. The van der Waals surface area contributed by atoms with E-state index < -0.39 is 0 Å². The SMILES string of the molecule is CN1CCN(c2nc3c(c(NN)n2)CCCC3)CC1. The first-order valence-electron chi connectivity index (χ1n) is 7.08. The van der Waals surface area contributed by atoms with Gasteiger partial charge in [-0.2, -0.15) is 4.98 Å². The summed E-state index contributed by atoms with van der Waals surface area (Å²) in [4.78, 5) is 14.0. The van der Waals surface area contributed by atoms with Gasteiger partial charge in [0.2, 0.25) is 5.95 Å². The maximum absolute atomic E-state index is 5.63. The van der Waals surface area contributed by atoms with Crippen molar-refractivity contribution in [2.24, 2.45) is 5.84 Å². The van der Waals surface area contributed by atoms with Crippen LogP contribution < -0.4 is 16.2 Å². The lowest BCUT2D eigenvalue weighted by molar-refractivity contribution is 0.311. The molecule has 0 atom stereocenters. The lowest BCUT2D eigenvalue weighted by atomic mass is 9.96. The van der Waals surface area contributed by atoms with E-state index in [1.54, 1.807) is 0 Å². The van der Waals surface area contributed by atoms with Crippen molar-refractivity contribution in [2.45, 2.75) is 25.7 Å². The monoisotopic (exact) mass is 262 g/mol. The van der Waals surface area contributed by atoms with Gasteiger partial charge >= 0.3 is 0 Å². The van der Waals surface area contributed by atoms with Gasteiger partial charge in [0.05, 0.1) is 5.69 Å². The minimum atomic E-state index is 0.818. The van der Waals surface area contributed by atoms with Crippen molar-refractivity contribution in [1.29, 1.82) is 0 Å². The second-order valence-electron chi connectivity index (χ2n) is 5.44. The first kappa shape index (κ1) is 12.6. The minimum absolute atomic E-state index is 0.818. The number of rotatable bonds is 2. The number of anilines is 2. The Hall–Kier alpha value is -1.40. The van der Waals surface area contributed by atoms with Gasteiger partial charge in [-0.3, -0.25) is 0 Å². The van der Waals surface area contributed by atoms with E-state index in [2.05, 4.69) is 27.3 Å². The van der Waals surface area contributed by atoms with E-state index in [0.29, 0.717) is 0 Å². The summed E-state index contributed by atoms with van der Waals surface area (Å²) in [6, 6.07) is 0. The van der Waals surface area contributed by atoms with Crippen LogP contribution in [0.25, 0.3) is 0 Å². The Morgan fingerprint density at radius 2 is 1.79 bits per heavy atom. The molecule has 6 nitrogen and oxygen atoms in total. The average molecular weight is 262 g/mol. The fourth-order valence-corrected chi connectivity index (χ4v) is 2.85. The molecule has 0 unspecified atom stereocenters. The minimum Gasteiger partial charge on any atom is -0.338 e. The van der Waals surface area contributed by atoms with Gasteiger partial charge in [0.1, 0.15) is 5.82 Å². The Morgan fingerprint density at radius 3 is 2.53 bits per heavy atom. The van der Waals surface area contributed by atoms with Gasteiger partial charge in [-0.15, -0.1) is 0 Å². The van der Waals surface area contributed by atoms with Crippen LogP contribution in [0.5, 0.6) is 0 Å². The molecule has 1 fully saturated rings. The molecule has 2 aliphatic rings. The number of hydrazine groups is 1. The summed E-state index contributed by atoms with van der Waals surface area (Å²) in [6.07, 6.45) is 4.51. The summed E-state index contributed by atoms with van der Waals surface area (Å²) in [5, 5.41) is 0. The Labute approximate surface area is 114 Å². The van der Waals surface area contributed by atoms with Gasteiger partial charge in [0.25, 0.3) is 0 Å². The fourth-order valence-electron chi connectivity index (χ4n) is 2.85. The zero-order valence-corrected chi connectivity index (χ0v) is 11.5. The molecule has 3 N–H and O–H groups in total. The Bertz CT molecular complexity index is 435. The molecule has 0 saturated carbocycles. The number of hydrogen-bond acceptors (Lipinski definition) is 6. The van der Waals surface area contributed by atoms with Gasteiger partial charge in [-0.1, -0.05) is 0 Å². The molecule has 1 aromatic rings. The van der Waals surface area contributed by atoms with E-state index in [4.69, 9.17) is 10.8 Å². The molecule has 19 heavy (non-hydrogen) atoms. The molecule has 104 valence electrons. The number of nitrogens with two attached hydrogens (primary N) is 1. The molecule has 0 bridgehead atoms. The fraction of sp³-hybridized carbons (Fsp3) is 0.692. The molecule has 6 heteroatoms. The van der Waals surface area contributed by atoms with Crippen LogP contribution in [0.2, 0.25) is 0 Å². The normalized spacial score (nSPS) is 20.2. The number of nitrogens with one attached hydrogen (secondary N) is 1. The quantitative estimate of drug-likeness (QED) is 0.593. The van der Waals surface area contributed by atoms with Gasteiger partial charge in [0.15, 0.2) is 0 Å². The first-order chi connectivity index (χ1) is 9.28. The van der Waals surface area contributed by atoms with Crippen molar-refractivity contribution in [3.8, 4) is 0 Å². The summed E-state index contributed by atoms with van der Waals surface area (Å²) >= 11 is 0. The molecule has 0 spiro atoms. The highest BCUT2D eigenvalue weighted by Gasteiger charge is 2.21. The first-order valence-corrected chi connectivity index (χ1v) is 7.08. The van der Waals surface area contributed by atoms with Crippen molar-refractivity contribution in [3.05, 3.63) is 11.3 Å². The highest BCUT2D eigenvalue weighted by molar-refractivity contribution is 5.51. The summed E-state index contributed by atoms with van der Waals surface area (Å²) in [6.45, 7) is 4.09. The molecule has 1 saturated heterocycles. The summed E-state index contributed by atoms with van der Waals surface area (Å²) in [5.41, 5.74) is 5.15. The lowest BCUT2D eigenvalue weighted by Gasteiger charge is -2.33. The highest BCUT2D eigenvalue weighted by atomic mass is 15.3. The van der Waals surface area contributed by atoms with Crippen molar-refractivity contribution in [3.63, 3.8) is 0 Å². The van der Waals surface area contributed by atoms with Crippen LogP contribution in [0.4, 0.5) is 11.8 Å². The maximum Gasteiger partial charge on any atom is 0.227 e. The third kappa shape index (κ3) is 2.50. The summed E-state index contributed by atoms with van der Waals surface area (Å²) in [5.74, 6) is 7.28.